The molecule has 100 valence electrons. The second kappa shape index (κ2) is 5.05. The monoisotopic (exact) mass is 258 g/mol. The molecule has 0 bridgehead atoms. The van der Waals surface area contributed by atoms with Crippen LogP contribution < -0.4 is 4.74 Å². The number of aliphatic hydroxyl groups excluding tert-OH is 1. The molecule has 0 saturated heterocycles. The van der Waals surface area contributed by atoms with E-state index in [9.17, 15) is 5.11 Å². The Labute approximate surface area is 112 Å². The van der Waals surface area contributed by atoms with E-state index in [-0.39, 0.29) is 6.10 Å². The third kappa shape index (κ3) is 2.49. The van der Waals surface area contributed by atoms with Gasteiger partial charge in [0.15, 0.2) is 0 Å². The van der Waals surface area contributed by atoms with Gasteiger partial charge in [0.05, 0.1) is 12.3 Å². The third-order valence-corrected chi connectivity index (χ3v) is 3.56. The number of aliphatic hydroxyl groups is 1. The van der Waals surface area contributed by atoms with Crippen molar-refractivity contribution < 1.29 is 9.84 Å². The topological polar surface area (TPSA) is 47.3 Å². The molecule has 19 heavy (non-hydrogen) atoms. The number of nitrogens with zero attached hydrogens (tertiary/aromatic N) is 2. The molecule has 2 atom stereocenters. The lowest BCUT2D eigenvalue weighted by Gasteiger charge is -2.17. The minimum atomic E-state index is -0.498. The highest BCUT2D eigenvalue weighted by Crippen LogP contribution is 2.30. The smallest absolute Gasteiger partial charge is 0.129 e. The van der Waals surface area contributed by atoms with Crippen molar-refractivity contribution in [3.8, 4) is 5.75 Å². The summed E-state index contributed by atoms with van der Waals surface area (Å²) < 4.78 is 7.66. The highest BCUT2D eigenvalue weighted by Gasteiger charge is 2.29. The quantitative estimate of drug-likeness (QED) is 0.909. The zero-order chi connectivity index (χ0) is 13.2. The molecule has 0 amide bonds. The minimum absolute atomic E-state index is 0.151. The molecule has 0 aliphatic carbocycles. The lowest BCUT2D eigenvalue weighted by Crippen LogP contribution is -2.31. The van der Waals surface area contributed by atoms with Crippen molar-refractivity contribution in [2.24, 2.45) is 0 Å². The highest BCUT2D eigenvalue weighted by atomic mass is 16.5. The molecule has 1 aliphatic heterocycles. The number of hydrogen-bond acceptors (Lipinski definition) is 3. The van der Waals surface area contributed by atoms with Gasteiger partial charge in [-0.25, -0.2) is 0 Å². The summed E-state index contributed by atoms with van der Waals surface area (Å²) in [6.45, 7) is 2.89. The molecular formula is C15H18N2O2. The molecule has 4 nitrogen and oxygen atoms in total. The first kappa shape index (κ1) is 12.2. The van der Waals surface area contributed by atoms with Gasteiger partial charge in [-0.3, -0.25) is 4.68 Å². The lowest BCUT2D eigenvalue weighted by molar-refractivity contribution is 0.0503. The van der Waals surface area contributed by atoms with Gasteiger partial charge in [-0.1, -0.05) is 18.2 Å². The predicted octanol–water partition coefficient (Wildman–Crippen LogP) is 1.81. The molecular weight excluding hydrogens is 240 g/mol. The summed E-state index contributed by atoms with van der Waals surface area (Å²) in [7, 11) is 0. The van der Waals surface area contributed by atoms with Gasteiger partial charge in [0.25, 0.3) is 0 Å². The van der Waals surface area contributed by atoms with Crippen LogP contribution in [0.3, 0.4) is 0 Å². The number of rotatable bonds is 4. The number of aryl methyl sites for hydroxylation is 1. The van der Waals surface area contributed by atoms with E-state index in [0.717, 1.165) is 24.3 Å². The highest BCUT2D eigenvalue weighted by molar-refractivity contribution is 5.37. The van der Waals surface area contributed by atoms with Crippen LogP contribution in [-0.4, -0.2) is 27.1 Å². The maximum atomic E-state index is 10.3. The Morgan fingerprint density at radius 1 is 1.47 bits per heavy atom. The Bertz CT molecular complexity index is 540. The van der Waals surface area contributed by atoms with Crippen molar-refractivity contribution >= 4 is 0 Å². The van der Waals surface area contributed by atoms with Gasteiger partial charge in [-0.15, -0.1) is 0 Å². The second-order valence-corrected chi connectivity index (χ2v) is 4.94. The molecule has 4 heteroatoms. The second-order valence-electron chi connectivity index (χ2n) is 4.94. The van der Waals surface area contributed by atoms with Crippen molar-refractivity contribution in [2.45, 2.75) is 38.5 Å². The van der Waals surface area contributed by atoms with Crippen molar-refractivity contribution in [3.63, 3.8) is 0 Å². The minimum Gasteiger partial charge on any atom is -0.487 e. The van der Waals surface area contributed by atoms with Crippen molar-refractivity contribution in [2.75, 3.05) is 0 Å². The van der Waals surface area contributed by atoms with E-state index >= 15 is 0 Å². The fourth-order valence-electron chi connectivity index (χ4n) is 2.48. The van der Waals surface area contributed by atoms with Crippen molar-refractivity contribution in [1.29, 1.82) is 0 Å². The largest absolute Gasteiger partial charge is 0.487 e. The summed E-state index contributed by atoms with van der Waals surface area (Å²) in [5, 5.41) is 14.5. The van der Waals surface area contributed by atoms with Crippen LogP contribution in [0.25, 0.3) is 0 Å². The van der Waals surface area contributed by atoms with Crippen LogP contribution in [0.15, 0.2) is 36.7 Å². The summed E-state index contributed by atoms with van der Waals surface area (Å²) in [6.07, 6.45) is 4.50. The summed E-state index contributed by atoms with van der Waals surface area (Å²) in [5.74, 6) is 0.899. The van der Waals surface area contributed by atoms with Crippen molar-refractivity contribution in [3.05, 3.63) is 47.8 Å². The van der Waals surface area contributed by atoms with Gasteiger partial charge in [-0.05, 0) is 24.1 Å². The summed E-state index contributed by atoms with van der Waals surface area (Å²) >= 11 is 0. The van der Waals surface area contributed by atoms with Gasteiger partial charge in [-0.2, -0.15) is 5.10 Å². The molecule has 3 rings (SSSR count). The van der Waals surface area contributed by atoms with E-state index in [0.29, 0.717) is 6.42 Å². The fourth-order valence-corrected chi connectivity index (χ4v) is 2.48. The van der Waals surface area contributed by atoms with Gasteiger partial charge in [0.1, 0.15) is 11.9 Å². The summed E-state index contributed by atoms with van der Waals surface area (Å²) in [5.41, 5.74) is 2.23. The maximum Gasteiger partial charge on any atom is 0.129 e. The van der Waals surface area contributed by atoms with E-state index in [1.54, 1.807) is 0 Å². The molecule has 0 fully saturated rings. The molecule has 1 aromatic carbocycles. The number of fused-ring (bicyclic) bond motifs is 1. The standard InChI is InChI=1S/C15H18N2O2/c1-2-17-10-11(9-16-17)7-13(18)15-8-12-5-3-4-6-14(12)19-15/h3-6,9-10,13,15,18H,2,7-8H2,1H3. The molecule has 2 heterocycles. The van der Waals surface area contributed by atoms with Gasteiger partial charge in [0.2, 0.25) is 0 Å². The van der Waals surface area contributed by atoms with Crippen LogP contribution in [0.1, 0.15) is 18.1 Å². The first-order valence-electron chi connectivity index (χ1n) is 6.70. The number of ether oxygens (including phenoxy) is 1. The Kier molecular flexibility index (Phi) is 3.25. The lowest BCUT2D eigenvalue weighted by atomic mass is 10.0. The zero-order valence-electron chi connectivity index (χ0n) is 11.0. The first-order chi connectivity index (χ1) is 9.26. The molecule has 0 radical (unpaired) electrons. The zero-order valence-corrected chi connectivity index (χ0v) is 11.0. The SMILES string of the molecule is CCn1cc(CC(O)C2Cc3ccccc3O2)cn1. The number of aromatic nitrogens is 2. The molecule has 1 aromatic heterocycles. The normalized spacial score (nSPS) is 18.9. The van der Waals surface area contributed by atoms with Crippen molar-refractivity contribution in [1.82, 2.24) is 9.78 Å². The number of benzene rings is 1. The van der Waals surface area contributed by atoms with Gasteiger partial charge >= 0.3 is 0 Å². The van der Waals surface area contributed by atoms with E-state index in [1.807, 2.05) is 42.2 Å². The average molecular weight is 258 g/mol. The van der Waals surface area contributed by atoms with E-state index in [1.165, 1.54) is 5.56 Å². The fraction of sp³-hybridized carbons (Fsp3) is 0.400. The van der Waals surface area contributed by atoms with Crippen LogP contribution in [0.5, 0.6) is 5.75 Å². The third-order valence-electron chi connectivity index (χ3n) is 3.56. The van der Waals surface area contributed by atoms with Gasteiger partial charge in [0, 0.05) is 25.6 Å². The van der Waals surface area contributed by atoms with Crippen LogP contribution in [0.4, 0.5) is 0 Å². The van der Waals surface area contributed by atoms with E-state index in [4.69, 9.17) is 4.74 Å². The molecule has 2 aromatic rings. The number of hydrogen-bond donors (Lipinski definition) is 1. The predicted molar refractivity (Wildman–Crippen MR) is 72.2 cm³/mol. The van der Waals surface area contributed by atoms with E-state index < -0.39 is 6.10 Å². The molecule has 0 spiro atoms. The Balaban J connectivity index is 1.65. The summed E-state index contributed by atoms with van der Waals surface area (Å²) in [6, 6.07) is 7.97. The number of para-hydroxylation sites is 1. The van der Waals surface area contributed by atoms with Crippen LogP contribution in [0, 0.1) is 0 Å². The van der Waals surface area contributed by atoms with Crippen LogP contribution in [-0.2, 0) is 19.4 Å². The Morgan fingerprint density at radius 3 is 3.05 bits per heavy atom. The molecule has 0 saturated carbocycles. The van der Waals surface area contributed by atoms with Crippen LogP contribution in [0.2, 0.25) is 0 Å². The maximum absolute atomic E-state index is 10.3. The van der Waals surface area contributed by atoms with E-state index in [2.05, 4.69) is 11.2 Å². The van der Waals surface area contributed by atoms with Crippen LogP contribution >= 0.6 is 0 Å². The molecule has 2 unspecified atom stereocenters. The first-order valence-corrected chi connectivity index (χ1v) is 6.70. The summed E-state index contributed by atoms with van der Waals surface area (Å²) in [4.78, 5) is 0. The molecule has 1 aliphatic rings. The Morgan fingerprint density at radius 2 is 2.32 bits per heavy atom. The average Bonchev–Trinajstić information content (AvgIpc) is 3.04. The Hall–Kier alpha value is -1.81. The van der Waals surface area contributed by atoms with Gasteiger partial charge < -0.3 is 9.84 Å². The molecule has 1 N–H and O–H groups in total.